The summed E-state index contributed by atoms with van der Waals surface area (Å²) < 4.78 is 1.97. The summed E-state index contributed by atoms with van der Waals surface area (Å²) in [6.45, 7) is 0. The number of fused-ring (bicyclic) bond motifs is 1. The van der Waals surface area contributed by atoms with Gasteiger partial charge in [-0.2, -0.15) is 0 Å². The van der Waals surface area contributed by atoms with Crippen LogP contribution in [0.3, 0.4) is 0 Å². The van der Waals surface area contributed by atoms with Crippen LogP contribution in [-0.2, 0) is 0 Å². The largest absolute Gasteiger partial charge is 0.392 e. The van der Waals surface area contributed by atoms with Gasteiger partial charge < -0.3 is 20.5 Å². The van der Waals surface area contributed by atoms with Gasteiger partial charge in [0, 0.05) is 11.5 Å². The van der Waals surface area contributed by atoms with Gasteiger partial charge in [0.05, 0.1) is 18.5 Å². The molecule has 4 atom stereocenters. The van der Waals surface area contributed by atoms with E-state index in [1.165, 1.54) is 6.33 Å². The first-order chi connectivity index (χ1) is 10.1. The van der Waals surface area contributed by atoms with Crippen LogP contribution in [0.1, 0.15) is 38.1 Å². The normalized spacial score (nSPS) is 36.0. The zero-order valence-corrected chi connectivity index (χ0v) is 11.7. The van der Waals surface area contributed by atoms with Crippen molar-refractivity contribution in [3.63, 3.8) is 0 Å². The zero-order valence-electron chi connectivity index (χ0n) is 11.7. The first-order valence-corrected chi connectivity index (χ1v) is 7.41. The minimum Gasteiger partial charge on any atom is -0.392 e. The summed E-state index contributed by atoms with van der Waals surface area (Å²) in [7, 11) is 0. The molecule has 2 aliphatic carbocycles. The van der Waals surface area contributed by atoms with E-state index >= 15 is 0 Å². The van der Waals surface area contributed by atoms with Gasteiger partial charge in [0.15, 0.2) is 11.5 Å². The Bertz CT molecular complexity index is 687. The van der Waals surface area contributed by atoms with E-state index < -0.39 is 12.2 Å². The molecule has 1 spiro atoms. The number of aliphatic hydroxyl groups excluding tert-OH is 2. The van der Waals surface area contributed by atoms with Crippen LogP contribution in [0.25, 0.3) is 11.2 Å². The van der Waals surface area contributed by atoms with Gasteiger partial charge in [-0.25, -0.2) is 15.0 Å². The van der Waals surface area contributed by atoms with Crippen molar-refractivity contribution in [1.82, 2.24) is 19.5 Å². The number of aromatic nitrogens is 4. The molecular formula is C14H19N5O2. The number of nitrogens with two attached hydrogens (primary N) is 1. The molecule has 2 aromatic rings. The molecule has 7 nitrogen and oxygen atoms in total. The summed E-state index contributed by atoms with van der Waals surface area (Å²) >= 11 is 0. The Balaban J connectivity index is 1.73. The molecule has 2 aliphatic rings. The third-order valence-electron chi connectivity index (χ3n) is 5.34. The first kappa shape index (κ1) is 13.0. The number of imidazole rings is 1. The monoisotopic (exact) mass is 289 g/mol. The lowest BCUT2D eigenvalue weighted by atomic mass is 9.80. The molecule has 2 fully saturated rings. The Kier molecular flexibility index (Phi) is 2.71. The van der Waals surface area contributed by atoms with E-state index in [1.54, 1.807) is 6.33 Å². The van der Waals surface area contributed by atoms with Crippen LogP contribution in [0.15, 0.2) is 12.7 Å². The fourth-order valence-electron chi connectivity index (χ4n) is 4.21. The van der Waals surface area contributed by atoms with Crippen molar-refractivity contribution in [2.45, 2.75) is 50.4 Å². The topological polar surface area (TPSA) is 110 Å². The van der Waals surface area contributed by atoms with E-state index in [9.17, 15) is 10.2 Å². The molecule has 7 heteroatoms. The highest BCUT2D eigenvalue weighted by Gasteiger charge is 2.54. The fourth-order valence-corrected chi connectivity index (χ4v) is 4.21. The molecule has 0 aromatic carbocycles. The van der Waals surface area contributed by atoms with E-state index in [2.05, 4.69) is 15.0 Å². The van der Waals surface area contributed by atoms with Crippen LogP contribution in [0.4, 0.5) is 5.82 Å². The number of rotatable bonds is 1. The quantitative estimate of drug-likeness (QED) is 0.710. The van der Waals surface area contributed by atoms with Gasteiger partial charge in [0.1, 0.15) is 11.8 Å². The summed E-state index contributed by atoms with van der Waals surface area (Å²) in [6.07, 6.45) is 6.28. The van der Waals surface area contributed by atoms with Crippen molar-refractivity contribution >= 4 is 17.0 Å². The van der Waals surface area contributed by atoms with E-state index in [4.69, 9.17) is 5.73 Å². The highest BCUT2D eigenvalue weighted by molar-refractivity contribution is 5.81. The number of anilines is 1. The number of aliphatic hydroxyl groups is 2. The maximum absolute atomic E-state index is 10.5. The second kappa shape index (κ2) is 4.38. The second-order valence-corrected chi connectivity index (χ2v) is 6.33. The lowest BCUT2D eigenvalue weighted by molar-refractivity contribution is -0.0302. The molecule has 0 unspecified atom stereocenters. The second-order valence-electron chi connectivity index (χ2n) is 6.33. The molecule has 2 heterocycles. The van der Waals surface area contributed by atoms with Gasteiger partial charge in [-0.3, -0.25) is 0 Å². The fraction of sp³-hybridized carbons (Fsp3) is 0.643. The van der Waals surface area contributed by atoms with Gasteiger partial charge in [-0.05, 0) is 25.7 Å². The van der Waals surface area contributed by atoms with Gasteiger partial charge in [-0.1, -0.05) is 6.42 Å². The zero-order chi connectivity index (χ0) is 14.6. The molecule has 0 bridgehead atoms. The highest BCUT2D eigenvalue weighted by atomic mass is 16.3. The molecule has 4 rings (SSSR count). The van der Waals surface area contributed by atoms with Gasteiger partial charge in [0.25, 0.3) is 0 Å². The number of hydrogen-bond donors (Lipinski definition) is 3. The van der Waals surface area contributed by atoms with Gasteiger partial charge in [0.2, 0.25) is 0 Å². The Morgan fingerprint density at radius 2 is 2.10 bits per heavy atom. The molecule has 4 N–H and O–H groups in total. The van der Waals surface area contributed by atoms with Crippen molar-refractivity contribution in [2.75, 3.05) is 5.73 Å². The van der Waals surface area contributed by atoms with Gasteiger partial charge >= 0.3 is 0 Å². The van der Waals surface area contributed by atoms with E-state index in [0.29, 0.717) is 23.4 Å². The van der Waals surface area contributed by atoms with Gasteiger partial charge in [-0.15, -0.1) is 0 Å². The van der Waals surface area contributed by atoms with E-state index in [-0.39, 0.29) is 11.5 Å². The lowest BCUT2D eigenvalue weighted by Gasteiger charge is -2.31. The number of hydrogen-bond acceptors (Lipinski definition) is 6. The standard InChI is InChI=1S/C14H19N5O2/c15-12-11-13(17-6-16-12)19(7-18-11)8-4-10(21)14(5-8)3-1-2-9(14)20/h6-10,20-21H,1-5H2,(H2,15,16,17)/t8-,9-,10-,14-/m0/s1. The molecule has 21 heavy (non-hydrogen) atoms. The Labute approximate surface area is 121 Å². The molecule has 2 saturated carbocycles. The maximum Gasteiger partial charge on any atom is 0.165 e. The molecule has 0 saturated heterocycles. The number of nitrogen functional groups attached to an aromatic ring is 1. The van der Waals surface area contributed by atoms with Crippen LogP contribution < -0.4 is 5.73 Å². The van der Waals surface area contributed by atoms with Crippen LogP contribution in [0.5, 0.6) is 0 Å². The lowest BCUT2D eigenvalue weighted by Crippen LogP contribution is -2.37. The summed E-state index contributed by atoms with van der Waals surface area (Å²) in [4.78, 5) is 12.5. The highest BCUT2D eigenvalue weighted by Crippen LogP contribution is 2.54. The molecular weight excluding hydrogens is 270 g/mol. The molecule has 0 radical (unpaired) electrons. The first-order valence-electron chi connectivity index (χ1n) is 7.41. The predicted molar refractivity (Wildman–Crippen MR) is 76.3 cm³/mol. The summed E-state index contributed by atoms with van der Waals surface area (Å²) in [5.41, 5.74) is 6.75. The van der Waals surface area contributed by atoms with Crippen molar-refractivity contribution < 1.29 is 10.2 Å². The smallest absolute Gasteiger partial charge is 0.165 e. The Hall–Kier alpha value is -1.73. The Morgan fingerprint density at radius 1 is 1.24 bits per heavy atom. The number of nitrogens with zero attached hydrogens (tertiary/aromatic N) is 4. The minimum absolute atomic E-state index is 0.0899. The Morgan fingerprint density at radius 3 is 2.86 bits per heavy atom. The van der Waals surface area contributed by atoms with Crippen LogP contribution >= 0.6 is 0 Å². The van der Waals surface area contributed by atoms with Crippen LogP contribution in [-0.4, -0.2) is 41.9 Å². The van der Waals surface area contributed by atoms with Crippen molar-refractivity contribution in [3.8, 4) is 0 Å². The minimum atomic E-state index is -0.475. The predicted octanol–water partition coefficient (Wildman–Crippen LogP) is 0.635. The molecule has 0 aliphatic heterocycles. The molecule has 2 aromatic heterocycles. The summed E-state index contributed by atoms with van der Waals surface area (Å²) in [5, 5.41) is 20.8. The summed E-state index contributed by atoms with van der Waals surface area (Å²) in [6, 6.07) is 0.0899. The van der Waals surface area contributed by atoms with Crippen LogP contribution in [0.2, 0.25) is 0 Å². The van der Waals surface area contributed by atoms with Crippen molar-refractivity contribution in [3.05, 3.63) is 12.7 Å². The van der Waals surface area contributed by atoms with Crippen molar-refractivity contribution in [2.24, 2.45) is 5.41 Å². The van der Waals surface area contributed by atoms with Crippen molar-refractivity contribution in [1.29, 1.82) is 0 Å². The maximum atomic E-state index is 10.5. The summed E-state index contributed by atoms with van der Waals surface area (Å²) in [5.74, 6) is 0.368. The molecule has 0 amide bonds. The van der Waals surface area contributed by atoms with E-state index in [1.807, 2.05) is 4.57 Å². The van der Waals surface area contributed by atoms with Crippen LogP contribution in [0, 0.1) is 5.41 Å². The van der Waals surface area contributed by atoms with E-state index in [0.717, 1.165) is 25.7 Å². The third-order valence-corrected chi connectivity index (χ3v) is 5.34. The third kappa shape index (κ3) is 1.70. The average molecular weight is 289 g/mol. The average Bonchev–Trinajstić information content (AvgIpc) is 3.12. The molecule has 112 valence electrons. The SMILES string of the molecule is Nc1ncnc2c1ncn2[C@H]1C[C@H](O)[C@@]2(CCC[C@@H]2O)C1.